The van der Waals surface area contributed by atoms with Crippen molar-refractivity contribution in [3.63, 3.8) is 0 Å². The van der Waals surface area contributed by atoms with E-state index in [1.54, 1.807) is 0 Å². The molecule has 11 heavy (non-hydrogen) atoms. The fraction of sp³-hybridized carbons (Fsp3) is 0. The van der Waals surface area contributed by atoms with Gasteiger partial charge in [-0.3, -0.25) is 0 Å². The van der Waals surface area contributed by atoms with E-state index in [9.17, 15) is 13.2 Å². The minimum Gasteiger partial charge on any atom is -0.335 e. The van der Waals surface area contributed by atoms with Crippen LogP contribution in [-0.2, 0) is 0 Å². The highest BCUT2D eigenvalue weighted by molar-refractivity contribution is 7.01. The van der Waals surface area contributed by atoms with Gasteiger partial charge in [-0.05, 0) is 6.07 Å². The van der Waals surface area contributed by atoms with Crippen molar-refractivity contribution in [3.05, 3.63) is 29.6 Å². The zero-order chi connectivity index (χ0) is 8.43. The number of hydrogen-bond acceptors (Lipinski definition) is 0. The van der Waals surface area contributed by atoms with E-state index in [4.69, 9.17) is 9.07 Å². The molecule has 1 aromatic carbocycles. The first-order valence-corrected chi connectivity index (χ1v) is 5.69. The van der Waals surface area contributed by atoms with Crippen LogP contribution in [-0.4, -0.2) is 19.3 Å². The summed E-state index contributed by atoms with van der Waals surface area (Å²) in [7, 11) is 5.37. The van der Waals surface area contributed by atoms with Crippen LogP contribution >= 0.6 is 9.07 Å². The van der Waals surface area contributed by atoms with Crippen molar-refractivity contribution in [1.29, 1.82) is 0 Å². The van der Waals surface area contributed by atoms with Gasteiger partial charge in [0.1, 0.15) is 5.82 Å². The van der Waals surface area contributed by atoms with E-state index in [1.807, 2.05) is 0 Å². The summed E-state index contributed by atoms with van der Waals surface area (Å²) in [5.41, 5.74) is 0. The molecule has 0 amide bonds. The molecule has 56 valence electrons. The third-order valence-electron chi connectivity index (χ3n) is 1.23. The highest BCUT2D eigenvalue weighted by Crippen LogP contribution is 2.05. The van der Waals surface area contributed by atoms with Crippen LogP contribution in [0.1, 0.15) is 0 Å². The maximum atomic E-state index is 12.6. The fourth-order valence-corrected chi connectivity index (χ4v) is 1.77. The van der Waals surface area contributed by atoms with Crippen molar-refractivity contribution in [1.82, 2.24) is 0 Å². The second kappa shape index (κ2) is 3.65. The molecule has 0 N–H and O–H groups in total. The van der Waals surface area contributed by atoms with Crippen LogP contribution in [0, 0.1) is 17.5 Å². The Hall–Kier alpha value is 0.0662. The van der Waals surface area contributed by atoms with E-state index in [-0.39, 0.29) is 3.69 Å². The summed E-state index contributed by atoms with van der Waals surface area (Å²) >= 11 is -1.28. The molecule has 5 heteroatoms. The molecule has 0 saturated carbocycles. The van der Waals surface area contributed by atoms with Crippen molar-refractivity contribution < 1.29 is 13.2 Å². The molecule has 0 aromatic heterocycles. The third-order valence-corrected chi connectivity index (χ3v) is 2.93. The van der Waals surface area contributed by atoms with Crippen molar-refractivity contribution >= 4 is 32.0 Å². The van der Waals surface area contributed by atoms with E-state index in [1.165, 1.54) is 0 Å². The van der Waals surface area contributed by atoms with Crippen molar-refractivity contribution in [2.24, 2.45) is 0 Å². The standard InChI is InChI=1S/C6H2F3.ClH.Mg/c7-4-1-2-5(8)6(9)3-4;;/h2-3H;1H;/q;;+1/p-1. The molecule has 0 aliphatic heterocycles. The van der Waals surface area contributed by atoms with Crippen LogP contribution in [0.3, 0.4) is 0 Å². The lowest BCUT2D eigenvalue weighted by molar-refractivity contribution is 0.497. The lowest BCUT2D eigenvalue weighted by Gasteiger charge is -1.98. The molecule has 0 saturated heterocycles. The molecule has 0 radical (unpaired) electrons. The summed E-state index contributed by atoms with van der Waals surface area (Å²) in [4.78, 5) is 0. The van der Waals surface area contributed by atoms with Crippen LogP contribution < -0.4 is 3.69 Å². The molecule has 0 bridgehead atoms. The maximum absolute atomic E-state index is 12.6. The average molecular weight is 191 g/mol. The van der Waals surface area contributed by atoms with Gasteiger partial charge in [0.2, 0.25) is 0 Å². The van der Waals surface area contributed by atoms with Gasteiger partial charge in [0, 0.05) is 6.07 Å². The molecular weight excluding hydrogens is 189 g/mol. The molecule has 1 aromatic rings. The summed E-state index contributed by atoms with van der Waals surface area (Å²) in [6.07, 6.45) is 0. The minimum absolute atomic E-state index is 0.102. The molecule has 0 aliphatic carbocycles. The number of rotatable bonds is 1. The fourth-order valence-electron chi connectivity index (χ4n) is 0.666. The molecule has 0 nitrogen and oxygen atoms in total. The zero-order valence-corrected chi connectivity index (χ0v) is 7.54. The van der Waals surface area contributed by atoms with Crippen molar-refractivity contribution in [3.8, 4) is 0 Å². The number of benzene rings is 1. The van der Waals surface area contributed by atoms with E-state index < -0.39 is 36.7 Å². The Kier molecular flexibility index (Phi) is 3.03. The van der Waals surface area contributed by atoms with Crippen LogP contribution in [0.15, 0.2) is 12.1 Å². The van der Waals surface area contributed by atoms with Crippen molar-refractivity contribution in [2.45, 2.75) is 0 Å². The van der Waals surface area contributed by atoms with E-state index in [0.717, 1.165) is 6.07 Å². The Bertz CT molecular complexity index is 277. The van der Waals surface area contributed by atoms with Gasteiger partial charge in [0.25, 0.3) is 0 Å². The van der Waals surface area contributed by atoms with E-state index in [2.05, 4.69) is 0 Å². The Labute approximate surface area is 74.9 Å². The van der Waals surface area contributed by atoms with E-state index in [0.29, 0.717) is 6.07 Å². The normalized spacial score (nSPS) is 9.45. The number of halogens is 4. The van der Waals surface area contributed by atoms with Gasteiger partial charge < -0.3 is 9.07 Å². The summed E-state index contributed by atoms with van der Waals surface area (Å²) in [6, 6.07) is 1.32. The average Bonchev–Trinajstić information content (AvgIpc) is 1.97. The lowest BCUT2D eigenvalue weighted by atomic mass is 10.3. The first-order chi connectivity index (χ1) is 5.15. The summed E-state index contributed by atoms with van der Waals surface area (Å²) in [6.45, 7) is 0. The minimum atomic E-state index is -1.28. The molecule has 0 aliphatic rings. The molecule has 0 fully saturated rings. The Balaban J connectivity index is 3.21. The maximum Gasteiger partial charge on any atom is 0.542 e. The largest absolute Gasteiger partial charge is 0.542 e. The van der Waals surface area contributed by atoms with Gasteiger partial charge in [0.15, 0.2) is 11.6 Å². The highest BCUT2D eigenvalue weighted by atomic mass is 35.5. The molecule has 0 atom stereocenters. The topological polar surface area (TPSA) is 0 Å². The smallest absolute Gasteiger partial charge is 0.335 e. The second-order valence-corrected chi connectivity index (χ2v) is 3.82. The first-order valence-electron chi connectivity index (χ1n) is 2.84. The highest BCUT2D eigenvalue weighted by Gasteiger charge is 2.09. The summed E-state index contributed by atoms with van der Waals surface area (Å²) < 4.78 is 37.3. The molecular formula is C6H2ClF3Mg. The predicted molar refractivity (Wildman–Crippen MR) is 37.6 cm³/mol. The lowest BCUT2D eigenvalue weighted by Crippen LogP contribution is -2.15. The van der Waals surface area contributed by atoms with Crippen LogP contribution in [0.25, 0.3) is 0 Å². The molecule has 0 heterocycles. The molecule has 1 rings (SSSR count). The summed E-state index contributed by atoms with van der Waals surface area (Å²) in [5.74, 6) is -2.98. The SMILES string of the molecule is Fc1cc(F)[c]([Mg][Cl])cc1F. The van der Waals surface area contributed by atoms with Gasteiger partial charge >= 0.3 is 19.3 Å². The molecule has 0 spiro atoms. The van der Waals surface area contributed by atoms with Gasteiger partial charge in [-0.2, -0.15) is 0 Å². The Morgan fingerprint density at radius 1 is 1.00 bits per heavy atom. The quantitative estimate of drug-likeness (QED) is 0.466. The zero-order valence-electron chi connectivity index (χ0n) is 5.37. The van der Waals surface area contributed by atoms with Crippen LogP contribution in [0.4, 0.5) is 13.2 Å². The summed E-state index contributed by atoms with van der Waals surface area (Å²) in [5, 5.41) is 0. The third kappa shape index (κ3) is 2.01. The first kappa shape index (κ1) is 9.16. The second-order valence-electron chi connectivity index (χ2n) is 1.99. The van der Waals surface area contributed by atoms with Gasteiger partial charge in [0.05, 0.1) is 0 Å². The molecule has 0 unspecified atom stereocenters. The van der Waals surface area contributed by atoms with Crippen LogP contribution in [0.2, 0.25) is 0 Å². The van der Waals surface area contributed by atoms with Crippen LogP contribution in [0.5, 0.6) is 0 Å². The Morgan fingerprint density at radius 3 is 2.09 bits per heavy atom. The van der Waals surface area contributed by atoms with Crippen molar-refractivity contribution in [2.75, 3.05) is 0 Å². The van der Waals surface area contributed by atoms with Gasteiger partial charge in [-0.15, -0.1) is 3.69 Å². The number of hydrogen-bond donors (Lipinski definition) is 0. The Morgan fingerprint density at radius 2 is 1.55 bits per heavy atom. The van der Waals surface area contributed by atoms with Gasteiger partial charge in [-0.25, -0.2) is 13.2 Å². The van der Waals surface area contributed by atoms with Gasteiger partial charge in [-0.1, -0.05) is 0 Å². The monoisotopic (exact) mass is 190 g/mol. The van der Waals surface area contributed by atoms with E-state index >= 15 is 0 Å². The predicted octanol–water partition coefficient (Wildman–Crippen LogP) is 1.59.